The van der Waals surface area contributed by atoms with Crippen LogP contribution in [0.1, 0.15) is 11.6 Å². The molecule has 0 fully saturated rings. The topological polar surface area (TPSA) is 88.0 Å². The number of hydrogen-bond donors (Lipinski definition) is 2. The molecule has 0 saturated carbocycles. The lowest BCUT2D eigenvalue weighted by Gasteiger charge is -2.24. The monoisotopic (exact) mass is 357 g/mol. The van der Waals surface area contributed by atoms with Crippen molar-refractivity contribution in [3.05, 3.63) is 53.0 Å². The molecule has 0 spiro atoms. The minimum atomic E-state index is -0.239. The van der Waals surface area contributed by atoms with Gasteiger partial charge in [0.1, 0.15) is 6.33 Å². The molecule has 1 aromatic carbocycles. The van der Waals surface area contributed by atoms with E-state index in [1.54, 1.807) is 28.2 Å². The van der Waals surface area contributed by atoms with Crippen molar-refractivity contribution in [2.45, 2.75) is 6.04 Å². The van der Waals surface area contributed by atoms with E-state index in [1.165, 1.54) is 11.9 Å². The third kappa shape index (κ3) is 4.40. The Labute approximate surface area is 149 Å². The van der Waals surface area contributed by atoms with Crippen LogP contribution in [0.5, 0.6) is 0 Å². The summed E-state index contributed by atoms with van der Waals surface area (Å²) in [5.41, 5.74) is 2.72. The Morgan fingerprint density at radius 2 is 2.08 bits per heavy atom. The van der Waals surface area contributed by atoms with Crippen LogP contribution in [0.4, 0.5) is 10.5 Å². The van der Waals surface area contributed by atoms with Gasteiger partial charge in [-0.25, -0.2) is 9.48 Å². The molecule has 0 saturated heterocycles. The number of carbonyl (C=O) groups excluding carboxylic acids is 1. The summed E-state index contributed by atoms with van der Waals surface area (Å²) in [5, 5.41) is 20.9. The molecule has 0 aliphatic rings. The number of hydrogen-bond acceptors (Lipinski definition) is 6. The molecule has 2 aromatic heterocycles. The van der Waals surface area contributed by atoms with Crippen LogP contribution in [0, 0.1) is 0 Å². The molecule has 130 valence electrons. The zero-order valence-electron chi connectivity index (χ0n) is 14.0. The number of carbonyl (C=O) groups is 1. The van der Waals surface area contributed by atoms with Gasteiger partial charge in [0.25, 0.3) is 0 Å². The van der Waals surface area contributed by atoms with Crippen LogP contribution >= 0.6 is 11.3 Å². The van der Waals surface area contributed by atoms with Crippen molar-refractivity contribution in [3.63, 3.8) is 0 Å². The Hall–Kier alpha value is -2.78. The van der Waals surface area contributed by atoms with E-state index in [0.717, 1.165) is 5.69 Å². The number of rotatable bonds is 6. The molecule has 0 aliphatic heterocycles. The van der Waals surface area contributed by atoms with E-state index < -0.39 is 0 Å². The van der Waals surface area contributed by atoms with Gasteiger partial charge in [0.15, 0.2) is 0 Å². The zero-order valence-corrected chi connectivity index (χ0v) is 14.8. The van der Waals surface area contributed by atoms with Crippen molar-refractivity contribution in [1.82, 2.24) is 30.4 Å². The molecule has 0 radical (unpaired) electrons. The highest BCUT2D eigenvalue weighted by Crippen LogP contribution is 2.20. The van der Waals surface area contributed by atoms with Crippen LogP contribution in [0.2, 0.25) is 0 Å². The van der Waals surface area contributed by atoms with E-state index in [9.17, 15) is 4.79 Å². The van der Waals surface area contributed by atoms with E-state index in [1.807, 2.05) is 31.6 Å². The first kappa shape index (κ1) is 17.1. The van der Waals surface area contributed by atoms with Gasteiger partial charge in [-0.1, -0.05) is 0 Å². The van der Waals surface area contributed by atoms with Gasteiger partial charge in [0.2, 0.25) is 0 Å². The molecule has 3 aromatic rings. The molecule has 2 heterocycles. The lowest BCUT2D eigenvalue weighted by atomic mass is 10.1. The fourth-order valence-electron chi connectivity index (χ4n) is 2.40. The van der Waals surface area contributed by atoms with Gasteiger partial charge < -0.3 is 15.5 Å². The number of benzene rings is 1. The van der Waals surface area contributed by atoms with Crippen molar-refractivity contribution in [2.24, 2.45) is 0 Å². The largest absolute Gasteiger partial charge is 0.336 e. The fourth-order valence-corrected chi connectivity index (χ4v) is 3.11. The van der Waals surface area contributed by atoms with Gasteiger partial charge in [-0.2, -0.15) is 11.3 Å². The smallest absolute Gasteiger partial charge is 0.319 e. The van der Waals surface area contributed by atoms with Crippen molar-refractivity contribution < 1.29 is 4.79 Å². The molecule has 25 heavy (non-hydrogen) atoms. The van der Waals surface area contributed by atoms with Crippen molar-refractivity contribution in [3.8, 4) is 5.69 Å². The molecule has 2 N–H and O–H groups in total. The first-order chi connectivity index (χ1) is 12.1. The summed E-state index contributed by atoms with van der Waals surface area (Å²) in [7, 11) is 4.00. The Balaban J connectivity index is 1.55. The molecule has 1 unspecified atom stereocenters. The summed E-state index contributed by atoms with van der Waals surface area (Å²) in [6.45, 7) is 0.526. The standard InChI is InChI=1S/C16H19N7OS/c1-22(2)15(12-7-8-25-10-12)9-17-16(24)19-13-3-5-14(6-4-13)23-11-18-20-21-23/h3-8,10-11,15H,9H2,1-2H3,(H2,17,19,24). The first-order valence-electron chi connectivity index (χ1n) is 7.70. The number of urea groups is 1. The summed E-state index contributed by atoms with van der Waals surface area (Å²) in [6, 6.07) is 9.25. The van der Waals surface area contributed by atoms with Crippen LogP contribution < -0.4 is 10.6 Å². The Morgan fingerprint density at radius 1 is 1.28 bits per heavy atom. The van der Waals surface area contributed by atoms with Crippen LogP contribution in [0.3, 0.4) is 0 Å². The average molecular weight is 357 g/mol. The molecule has 8 nitrogen and oxygen atoms in total. The fraction of sp³-hybridized carbons (Fsp3) is 0.250. The molecular weight excluding hydrogens is 338 g/mol. The second-order valence-electron chi connectivity index (χ2n) is 5.67. The number of thiophene rings is 1. The normalized spacial score (nSPS) is 12.1. The van der Waals surface area contributed by atoms with E-state index in [4.69, 9.17) is 0 Å². The molecule has 0 aliphatic carbocycles. The molecule has 3 rings (SSSR count). The lowest BCUT2D eigenvalue weighted by molar-refractivity contribution is 0.243. The summed E-state index contributed by atoms with van der Waals surface area (Å²) in [6.07, 6.45) is 1.51. The maximum atomic E-state index is 12.1. The summed E-state index contributed by atoms with van der Waals surface area (Å²) >= 11 is 1.65. The Bertz CT molecular complexity index is 785. The van der Waals surface area contributed by atoms with E-state index in [0.29, 0.717) is 12.2 Å². The maximum Gasteiger partial charge on any atom is 0.319 e. The lowest BCUT2D eigenvalue weighted by Crippen LogP contribution is -2.36. The average Bonchev–Trinajstić information content (AvgIpc) is 3.29. The molecule has 2 amide bonds. The number of aromatic nitrogens is 4. The van der Waals surface area contributed by atoms with E-state index in [2.05, 4.69) is 42.5 Å². The zero-order chi connectivity index (χ0) is 17.6. The molecule has 0 bridgehead atoms. The van der Waals surface area contributed by atoms with Crippen LogP contribution in [0.25, 0.3) is 5.69 Å². The van der Waals surface area contributed by atoms with Crippen LogP contribution in [0.15, 0.2) is 47.4 Å². The third-order valence-electron chi connectivity index (χ3n) is 3.75. The Kier molecular flexibility index (Phi) is 5.36. The van der Waals surface area contributed by atoms with Crippen LogP contribution in [-0.2, 0) is 0 Å². The predicted molar refractivity (Wildman–Crippen MR) is 96.9 cm³/mol. The number of tetrazole rings is 1. The SMILES string of the molecule is CN(C)C(CNC(=O)Nc1ccc(-n2cnnn2)cc1)c1ccsc1. The summed E-state index contributed by atoms with van der Waals surface area (Å²) < 4.78 is 1.55. The van der Waals surface area contributed by atoms with Gasteiger partial charge in [0, 0.05) is 12.2 Å². The third-order valence-corrected chi connectivity index (χ3v) is 4.45. The molecule has 1 atom stereocenters. The number of likely N-dealkylation sites (N-methyl/N-ethyl adjacent to an activating group) is 1. The number of anilines is 1. The van der Waals surface area contributed by atoms with E-state index in [-0.39, 0.29) is 12.1 Å². The molecular formula is C16H19N7OS. The van der Waals surface area contributed by atoms with Gasteiger partial charge in [-0.3, -0.25) is 0 Å². The Morgan fingerprint density at radius 3 is 2.68 bits per heavy atom. The number of amides is 2. The summed E-state index contributed by atoms with van der Waals surface area (Å²) in [4.78, 5) is 14.2. The van der Waals surface area contributed by atoms with Crippen molar-refractivity contribution in [1.29, 1.82) is 0 Å². The predicted octanol–water partition coefficient (Wildman–Crippen LogP) is 2.15. The van der Waals surface area contributed by atoms with Crippen molar-refractivity contribution in [2.75, 3.05) is 26.0 Å². The summed E-state index contributed by atoms with van der Waals surface area (Å²) in [5.74, 6) is 0. The highest BCUT2D eigenvalue weighted by atomic mass is 32.1. The second-order valence-corrected chi connectivity index (χ2v) is 6.45. The maximum absolute atomic E-state index is 12.1. The number of nitrogens with one attached hydrogen (secondary N) is 2. The number of nitrogens with zero attached hydrogens (tertiary/aromatic N) is 5. The molecule has 9 heteroatoms. The highest BCUT2D eigenvalue weighted by Gasteiger charge is 2.15. The van der Waals surface area contributed by atoms with Crippen LogP contribution in [-0.4, -0.2) is 51.8 Å². The van der Waals surface area contributed by atoms with Gasteiger partial charge in [0.05, 0.1) is 11.7 Å². The van der Waals surface area contributed by atoms with Crippen molar-refractivity contribution >= 4 is 23.1 Å². The second kappa shape index (κ2) is 7.86. The van der Waals surface area contributed by atoms with E-state index >= 15 is 0 Å². The van der Waals surface area contributed by atoms with Gasteiger partial charge in [-0.15, -0.1) is 5.10 Å². The first-order valence-corrected chi connectivity index (χ1v) is 8.64. The minimum absolute atomic E-state index is 0.138. The quantitative estimate of drug-likeness (QED) is 0.706. The van der Waals surface area contributed by atoms with Gasteiger partial charge in [-0.05, 0) is 71.2 Å². The van der Waals surface area contributed by atoms with Gasteiger partial charge >= 0.3 is 6.03 Å². The highest BCUT2D eigenvalue weighted by molar-refractivity contribution is 7.07. The minimum Gasteiger partial charge on any atom is -0.336 e.